The fraction of sp³-hybridized carbons (Fsp3) is 0.286. The molecule has 0 bridgehead atoms. The third kappa shape index (κ3) is 5.43. The Balaban J connectivity index is 1.46. The van der Waals surface area contributed by atoms with Gasteiger partial charge < -0.3 is 14.6 Å². The molecule has 33 heavy (non-hydrogen) atoms. The summed E-state index contributed by atoms with van der Waals surface area (Å²) in [4.78, 5) is 17.6. The highest BCUT2D eigenvalue weighted by Gasteiger charge is 2.19. The van der Waals surface area contributed by atoms with E-state index in [0.717, 1.165) is 47.6 Å². The van der Waals surface area contributed by atoms with Gasteiger partial charge in [0.05, 0.1) is 23.7 Å². The number of aromatic nitrogens is 2. The molecular weight excluding hydrogens is 410 g/mol. The minimum Gasteiger partial charge on any atom is -0.494 e. The van der Waals surface area contributed by atoms with Gasteiger partial charge in [0.1, 0.15) is 11.6 Å². The number of amides is 1. The minimum absolute atomic E-state index is 0.0938. The van der Waals surface area contributed by atoms with Crippen LogP contribution in [0.3, 0.4) is 0 Å². The SMILES string of the molecule is CCc1ccc(OCCCn2c(C(C)NC(=O)c3cccc(C)c3)nc3ccccc32)cc1. The Morgan fingerprint density at radius 2 is 1.85 bits per heavy atom. The molecule has 1 amide bonds. The van der Waals surface area contributed by atoms with Crippen molar-refractivity contribution in [2.45, 2.75) is 46.2 Å². The lowest BCUT2D eigenvalue weighted by Crippen LogP contribution is -2.29. The highest BCUT2D eigenvalue weighted by atomic mass is 16.5. The van der Waals surface area contributed by atoms with E-state index in [1.807, 2.05) is 68.4 Å². The van der Waals surface area contributed by atoms with Gasteiger partial charge in [-0.05, 0) is 68.7 Å². The number of para-hydroxylation sites is 2. The summed E-state index contributed by atoms with van der Waals surface area (Å²) in [6.07, 6.45) is 1.86. The number of hydrogen-bond donors (Lipinski definition) is 1. The predicted molar refractivity (Wildman–Crippen MR) is 133 cm³/mol. The summed E-state index contributed by atoms with van der Waals surface area (Å²) < 4.78 is 8.14. The molecule has 0 saturated carbocycles. The number of fused-ring (bicyclic) bond motifs is 1. The average molecular weight is 442 g/mol. The largest absolute Gasteiger partial charge is 0.494 e. The Morgan fingerprint density at radius 3 is 2.61 bits per heavy atom. The molecule has 0 radical (unpaired) electrons. The molecule has 0 aliphatic heterocycles. The Labute approximate surface area is 195 Å². The third-order valence-electron chi connectivity index (χ3n) is 5.83. The van der Waals surface area contributed by atoms with Crippen LogP contribution in [0.25, 0.3) is 11.0 Å². The Bertz CT molecular complexity index is 1230. The number of aryl methyl sites for hydroxylation is 3. The van der Waals surface area contributed by atoms with E-state index in [-0.39, 0.29) is 11.9 Å². The van der Waals surface area contributed by atoms with Crippen LogP contribution in [-0.2, 0) is 13.0 Å². The smallest absolute Gasteiger partial charge is 0.251 e. The van der Waals surface area contributed by atoms with Gasteiger partial charge in [-0.25, -0.2) is 4.98 Å². The molecule has 0 spiro atoms. The fourth-order valence-electron chi connectivity index (χ4n) is 4.02. The summed E-state index contributed by atoms with van der Waals surface area (Å²) in [5.74, 6) is 1.65. The molecule has 0 aliphatic carbocycles. The highest BCUT2D eigenvalue weighted by Crippen LogP contribution is 2.22. The molecule has 1 N–H and O–H groups in total. The van der Waals surface area contributed by atoms with Crippen LogP contribution in [0.4, 0.5) is 0 Å². The first kappa shape index (κ1) is 22.6. The van der Waals surface area contributed by atoms with E-state index in [1.54, 1.807) is 0 Å². The zero-order valence-electron chi connectivity index (χ0n) is 19.5. The lowest BCUT2D eigenvalue weighted by atomic mass is 10.1. The molecule has 170 valence electrons. The normalized spacial score (nSPS) is 12.0. The average Bonchev–Trinajstić information content (AvgIpc) is 3.21. The van der Waals surface area contributed by atoms with Gasteiger partial charge in [-0.15, -0.1) is 0 Å². The van der Waals surface area contributed by atoms with Gasteiger partial charge in [0.25, 0.3) is 5.91 Å². The van der Waals surface area contributed by atoms with Gasteiger partial charge in [-0.3, -0.25) is 4.79 Å². The van der Waals surface area contributed by atoms with Crippen molar-refractivity contribution in [1.29, 1.82) is 0 Å². The number of nitrogens with one attached hydrogen (secondary N) is 1. The molecule has 5 heteroatoms. The molecule has 5 nitrogen and oxygen atoms in total. The van der Waals surface area contributed by atoms with Crippen LogP contribution in [0.2, 0.25) is 0 Å². The van der Waals surface area contributed by atoms with Crippen LogP contribution in [0, 0.1) is 6.92 Å². The Kier molecular flexibility index (Phi) is 7.08. The Hall–Kier alpha value is -3.60. The second-order valence-electron chi connectivity index (χ2n) is 8.37. The summed E-state index contributed by atoms with van der Waals surface area (Å²) in [7, 11) is 0. The van der Waals surface area contributed by atoms with Crippen molar-refractivity contribution in [2.75, 3.05) is 6.61 Å². The molecule has 3 aromatic carbocycles. The van der Waals surface area contributed by atoms with Crippen molar-refractivity contribution in [1.82, 2.24) is 14.9 Å². The second kappa shape index (κ2) is 10.3. The van der Waals surface area contributed by atoms with Crippen molar-refractivity contribution in [3.05, 3.63) is 95.3 Å². The molecule has 1 atom stereocenters. The van der Waals surface area contributed by atoms with Gasteiger partial charge in [0, 0.05) is 12.1 Å². The summed E-state index contributed by atoms with van der Waals surface area (Å²) in [5.41, 5.74) is 5.02. The van der Waals surface area contributed by atoms with E-state index in [2.05, 4.69) is 35.0 Å². The lowest BCUT2D eigenvalue weighted by molar-refractivity contribution is 0.0937. The third-order valence-corrected chi connectivity index (χ3v) is 5.83. The first-order valence-electron chi connectivity index (χ1n) is 11.6. The predicted octanol–water partition coefficient (Wildman–Crippen LogP) is 5.87. The van der Waals surface area contributed by atoms with Crippen molar-refractivity contribution >= 4 is 16.9 Å². The summed E-state index contributed by atoms with van der Waals surface area (Å²) in [6.45, 7) is 7.49. The van der Waals surface area contributed by atoms with Crippen LogP contribution in [0.15, 0.2) is 72.8 Å². The molecule has 1 aromatic heterocycles. The number of carbonyl (C=O) groups is 1. The van der Waals surface area contributed by atoms with Crippen molar-refractivity contribution in [3.8, 4) is 5.75 Å². The van der Waals surface area contributed by atoms with Crippen LogP contribution < -0.4 is 10.1 Å². The standard InChI is InChI=1S/C28H31N3O2/c1-4-22-13-15-24(16-14-22)33-18-8-17-31-26-12-6-5-11-25(26)30-27(31)21(3)29-28(32)23-10-7-9-20(2)19-23/h5-7,9-16,19,21H,4,8,17-18H2,1-3H3,(H,29,32). The first-order chi connectivity index (χ1) is 16.0. The van der Waals surface area contributed by atoms with Gasteiger partial charge in [-0.2, -0.15) is 0 Å². The van der Waals surface area contributed by atoms with Crippen LogP contribution >= 0.6 is 0 Å². The molecule has 4 aromatic rings. The number of nitrogens with zero attached hydrogens (tertiary/aromatic N) is 2. The van der Waals surface area contributed by atoms with Crippen LogP contribution in [0.5, 0.6) is 5.75 Å². The van der Waals surface area contributed by atoms with Crippen molar-refractivity contribution in [2.24, 2.45) is 0 Å². The molecule has 4 rings (SSSR count). The number of carbonyl (C=O) groups excluding carboxylic acids is 1. The van der Waals surface area contributed by atoms with Gasteiger partial charge in [0.2, 0.25) is 0 Å². The molecular formula is C28H31N3O2. The number of ether oxygens (including phenoxy) is 1. The summed E-state index contributed by atoms with van der Waals surface area (Å²) >= 11 is 0. The number of rotatable bonds is 9. The number of benzene rings is 3. The molecule has 0 fully saturated rings. The van der Waals surface area contributed by atoms with Gasteiger partial charge in [0.15, 0.2) is 0 Å². The minimum atomic E-state index is -0.229. The second-order valence-corrected chi connectivity index (χ2v) is 8.37. The molecule has 0 saturated heterocycles. The number of imidazole rings is 1. The summed E-state index contributed by atoms with van der Waals surface area (Å²) in [6, 6.07) is 23.8. The zero-order chi connectivity index (χ0) is 23.2. The molecule has 1 heterocycles. The monoisotopic (exact) mass is 441 g/mol. The highest BCUT2D eigenvalue weighted by molar-refractivity contribution is 5.94. The van der Waals surface area contributed by atoms with E-state index < -0.39 is 0 Å². The van der Waals surface area contributed by atoms with Crippen LogP contribution in [-0.4, -0.2) is 22.1 Å². The van der Waals surface area contributed by atoms with Crippen molar-refractivity contribution in [3.63, 3.8) is 0 Å². The quantitative estimate of drug-likeness (QED) is 0.331. The van der Waals surface area contributed by atoms with E-state index in [9.17, 15) is 4.79 Å². The lowest BCUT2D eigenvalue weighted by Gasteiger charge is -2.17. The van der Waals surface area contributed by atoms with Gasteiger partial charge in [-0.1, -0.05) is 48.9 Å². The van der Waals surface area contributed by atoms with Gasteiger partial charge >= 0.3 is 0 Å². The van der Waals surface area contributed by atoms with E-state index in [0.29, 0.717) is 12.2 Å². The number of hydrogen-bond acceptors (Lipinski definition) is 3. The zero-order valence-corrected chi connectivity index (χ0v) is 19.5. The molecule has 1 unspecified atom stereocenters. The fourth-order valence-corrected chi connectivity index (χ4v) is 4.02. The van der Waals surface area contributed by atoms with E-state index >= 15 is 0 Å². The van der Waals surface area contributed by atoms with E-state index in [1.165, 1.54) is 5.56 Å². The molecule has 0 aliphatic rings. The summed E-state index contributed by atoms with van der Waals surface area (Å²) in [5, 5.41) is 3.11. The van der Waals surface area contributed by atoms with Crippen molar-refractivity contribution < 1.29 is 9.53 Å². The maximum Gasteiger partial charge on any atom is 0.251 e. The van der Waals surface area contributed by atoms with Crippen LogP contribution in [0.1, 0.15) is 53.6 Å². The Morgan fingerprint density at radius 1 is 1.06 bits per heavy atom. The maximum absolute atomic E-state index is 12.8. The first-order valence-corrected chi connectivity index (χ1v) is 11.6. The van der Waals surface area contributed by atoms with E-state index in [4.69, 9.17) is 9.72 Å². The topological polar surface area (TPSA) is 56.1 Å². The maximum atomic E-state index is 12.8.